The van der Waals surface area contributed by atoms with Crippen molar-refractivity contribution in [2.24, 2.45) is 0 Å². The van der Waals surface area contributed by atoms with E-state index in [0.29, 0.717) is 23.9 Å². The highest BCUT2D eigenvalue weighted by molar-refractivity contribution is 5.97. The second-order valence-corrected chi connectivity index (χ2v) is 5.66. The monoisotopic (exact) mass is 315 g/mol. The summed E-state index contributed by atoms with van der Waals surface area (Å²) >= 11 is 0. The fourth-order valence-electron chi connectivity index (χ4n) is 2.65. The van der Waals surface area contributed by atoms with Crippen molar-refractivity contribution in [3.05, 3.63) is 59.8 Å². The van der Waals surface area contributed by atoms with Crippen molar-refractivity contribution >= 4 is 16.8 Å². The number of ketones is 1. The molecule has 3 rings (SSSR count). The Balaban J connectivity index is 2.13. The van der Waals surface area contributed by atoms with Crippen LogP contribution in [-0.2, 0) is 6.42 Å². The van der Waals surface area contributed by atoms with Gasteiger partial charge in [-0.2, -0.15) is 5.26 Å². The standard InChI is InChI=1S/C20H17N3O/c1-14(24)16-10-11-17-19(13-16)22-18(9-5-6-12-21)20(23-17)15-7-3-2-4-8-15/h2-4,7-8,10-11,13H,5-6,9H2,1H3. The number of nitrogens with zero attached hydrogens (tertiary/aromatic N) is 3. The quantitative estimate of drug-likeness (QED) is 0.518. The first-order valence-electron chi connectivity index (χ1n) is 7.93. The Kier molecular flexibility index (Phi) is 4.62. The molecule has 0 bridgehead atoms. The largest absolute Gasteiger partial charge is 0.295 e. The molecular weight excluding hydrogens is 298 g/mol. The first-order valence-corrected chi connectivity index (χ1v) is 7.93. The number of aromatic nitrogens is 2. The van der Waals surface area contributed by atoms with Crippen LogP contribution in [0.5, 0.6) is 0 Å². The molecule has 0 amide bonds. The van der Waals surface area contributed by atoms with Crippen LogP contribution in [0.1, 0.15) is 35.8 Å². The molecule has 0 saturated carbocycles. The minimum Gasteiger partial charge on any atom is -0.295 e. The highest BCUT2D eigenvalue weighted by Crippen LogP contribution is 2.25. The number of benzene rings is 2. The minimum absolute atomic E-state index is 0.0110. The van der Waals surface area contributed by atoms with Gasteiger partial charge in [-0.1, -0.05) is 30.3 Å². The third-order valence-corrected chi connectivity index (χ3v) is 3.89. The van der Waals surface area contributed by atoms with Crippen molar-refractivity contribution in [3.8, 4) is 17.3 Å². The lowest BCUT2D eigenvalue weighted by atomic mass is 10.0. The molecule has 2 aromatic carbocycles. The predicted octanol–water partition coefficient (Wildman–Crippen LogP) is 4.35. The van der Waals surface area contributed by atoms with Crippen molar-refractivity contribution in [1.82, 2.24) is 9.97 Å². The first-order chi connectivity index (χ1) is 11.7. The zero-order valence-corrected chi connectivity index (χ0v) is 13.5. The molecule has 0 unspecified atom stereocenters. The molecule has 0 radical (unpaired) electrons. The molecule has 1 aromatic heterocycles. The fraction of sp³-hybridized carbons (Fsp3) is 0.200. The normalized spacial score (nSPS) is 10.5. The van der Waals surface area contributed by atoms with Gasteiger partial charge in [0.05, 0.1) is 28.5 Å². The number of unbranched alkanes of at least 4 members (excludes halogenated alkanes) is 1. The van der Waals surface area contributed by atoms with Gasteiger partial charge in [-0.25, -0.2) is 9.97 Å². The van der Waals surface area contributed by atoms with Gasteiger partial charge in [0, 0.05) is 17.5 Å². The number of hydrogen-bond donors (Lipinski definition) is 0. The Morgan fingerprint density at radius 2 is 1.88 bits per heavy atom. The van der Waals surface area contributed by atoms with E-state index in [4.69, 9.17) is 15.2 Å². The summed E-state index contributed by atoms with van der Waals surface area (Å²) in [6.45, 7) is 1.54. The van der Waals surface area contributed by atoms with Crippen LogP contribution in [0.15, 0.2) is 48.5 Å². The van der Waals surface area contributed by atoms with E-state index in [0.717, 1.165) is 28.9 Å². The summed E-state index contributed by atoms with van der Waals surface area (Å²) in [7, 11) is 0. The molecule has 0 atom stereocenters. The fourth-order valence-corrected chi connectivity index (χ4v) is 2.65. The van der Waals surface area contributed by atoms with Crippen LogP contribution in [0.25, 0.3) is 22.3 Å². The van der Waals surface area contributed by atoms with Gasteiger partial charge in [-0.3, -0.25) is 4.79 Å². The summed E-state index contributed by atoms with van der Waals surface area (Å²) in [5, 5.41) is 8.78. The lowest BCUT2D eigenvalue weighted by Gasteiger charge is -2.10. The summed E-state index contributed by atoms with van der Waals surface area (Å²) in [6, 6.07) is 17.5. The Morgan fingerprint density at radius 1 is 1.08 bits per heavy atom. The first kappa shape index (κ1) is 15.8. The third-order valence-electron chi connectivity index (χ3n) is 3.89. The number of aryl methyl sites for hydroxylation is 1. The SMILES string of the molecule is CC(=O)c1ccc2nc(-c3ccccc3)c(CCCC#N)nc2c1. The maximum atomic E-state index is 11.6. The molecule has 4 nitrogen and oxygen atoms in total. The van der Waals surface area contributed by atoms with Crippen LogP contribution in [0.3, 0.4) is 0 Å². The van der Waals surface area contributed by atoms with Crippen molar-refractivity contribution in [2.45, 2.75) is 26.2 Å². The van der Waals surface area contributed by atoms with E-state index in [2.05, 4.69) is 6.07 Å². The van der Waals surface area contributed by atoms with E-state index < -0.39 is 0 Å². The van der Waals surface area contributed by atoms with Gasteiger partial charge < -0.3 is 0 Å². The maximum absolute atomic E-state index is 11.6. The van der Waals surface area contributed by atoms with E-state index in [1.54, 1.807) is 19.1 Å². The molecule has 4 heteroatoms. The zero-order valence-electron chi connectivity index (χ0n) is 13.5. The van der Waals surface area contributed by atoms with Gasteiger partial charge in [0.15, 0.2) is 5.78 Å². The molecule has 0 fully saturated rings. The van der Waals surface area contributed by atoms with E-state index >= 15 is 0 Å². The van der Waals surface area contributed by atoms with Crippen LogP contribution >= 0.6 is 0 Å². The van der Waals surface area contributed by atoms with E-state index in [1.807, 2.05) is 36.4 Å². The number of nitriles is 1. The molecule has 0 N–H and O–H groups in total. The number of fused-ring (bicyclic) bond motifs is 1. The van der Waals surface area contributed by atoms with Crippen molar-refractivity contribution in [3.63, 3.8) is 0 Å². The van der Waals surface area contributed by atoms with Gasteiger partial charge in [0.25, 0.3) is 0 Å². The van der Waals surface area contributed by atoms with Crippen LogP contribution in [-0.4, -0.2) is 15.8 Å². The average Bonchev–Trinajstić information content (AvgIpc) is 2.61. The summed E-state index contributed by atoms with van der Waals surface area (Å²) in [4.78, 5) is 21.1. The van der Waals surface area contributed by atoms with E-state index in [9.17, 15) is 4.79 Å². The third kappa shape index (κ3) is 3.31. The number of hydrogen-bond acceptors (Lipinski definition) is 4. The zero-order chi connectivity index (χ0) is 16.9. The summed E-state index contributed by atoms with van der Waals surface area (Å²) in [6.07, 6.45) is 1.91. The Morgan fingerprint density at radius 3 is 2.58 bits per heavy atom. The average molecular weight is 315 g/mol. The number of carbonyl (C=O) groups is 1. The molecule has 3 aromatic rings. The van der Waals surface area contributed by atoms with Crippen LogP contribution < -0.4 is 0 Å². The van der Waals surface area contributed by atoms with Crippen LogP contribution in [0.2, 0.25) is 0 Å². The second-order valence-electron chi connectivity index (χ2n) is 5.66. The Bertz CT molecular complexity index is 927. The summed E-state index contributed by atoms with van der Waals surface area (Å²) in [5.41, 5.74) is 4.83. The molecule has 1 heterocycles. The topological polar surface area (TPSA) is 66.6 Å². The molecule has 0 aliphatic carbocycles. The molecule has 0 spiro atoms. The number of carbonyl (C=O) groups excluding carboxylic acids is 1. The Hall–Kier alpha value is -3.06. The van der Waals surface area contributed by atoms with Crippen LogP contribution in [0, 0.1) is 11.3 Å². The van der Waals surface area contributed by atoms with Crippen LogP contribution in [0.4, 0.5) is 0 Å². The van der Waals surface area contributed by atoms with Crippen molar-refractivity contribution < 1.29 is 4.79 Å². The molecule has 24 heavy (non-hydrogen) atoms. The van der Waals surface area contributed by atoms with Crippen molar-refractivity contribution in [1.29, 1.82) is 5.26 Å². The summed E-state index contributed by atoms with van der Waals surface area (Å²) < 4.78 is 0. The lowest BCUT2D eigenvalue weighted by Crippen LogP contribution is -2.01. The molecule has 118 valence electrons. The number of Topliss-reactive ketones (excluding diaryl/α,β-unsaturated/α-hetero) is 1. The van der Waals surface area contributed by atoms with E-state index in [1.165, 1.54) is 0 Å². The smallest absolute Gasteiger partial charge is 0.159 e. The van der Waals surface area contributed by atoms with Gasteiger partial charge >= 0.3 is 0 Å². The predicted molar refractivity (Wildman–Crippen MR) is 93.5 cm³/mol. The number of rotatable bonds is 5. The maximum Gasteiger partial charge on any atom is 0.159 e. The molecule has 0 saturated heterocycles. The van der Waals surface area contributed by atoms with Gasteiger partial charge in [0.2, 0.25) is 0 Å². The Labute approximate surface area is 140 Å². The van der Waals surface area contributed by atoms with Gasteiger partial charge in [-0.05, 0) is 38.0 Å². The van der Waals surface area contributed by atoms with Crippen molar-refractivity contribution in [2.75, 3.05) is 0 Å². The van der Waals surface area contributed by atoms with E-state index in [-0.39, 0.29) is 5.78 Å². The van der Waals surface area contributed by atoms with Gasteiger partial charge in [0.1, 0.15) is 0 Å². The summed E-state index contributed by atoms with van der Waals surface area (Å²) in [5.74, 6) is 0.0110. The second kappa shape index (κ2) is 7.01. The molecular formula is C20H17N3O. The lowest BCUT2D eigenvalue weighted by molar-refractivity contribution is 0.101. The molecule has 0 aliphatic heterocycles. The highest BCUT2D eigenvalue weighted by atomic mass is 16.1. The van der Waals surface area contributed by atoms with Gasteiger partial charge in [-0.15, -0.1) is 0 Å². The molecule has 0 aliphatic rings. The highest BCUT2D eigenvalue weighted by Gasteiger charge is 2.12. The minimum atomic E-state index is 0.0110.